The second kappa shape index (κ2) is 6.10. The van der Waals surface area contributed by atoms with E-state index in [1.165, 1.54) is 22.3 Å². The van der Waals surface area contributed by atoms with Gasteiger partial charge in [0.2, 0.25) is 0 Å². The monoisotopic (exact) mass is 280 g/mol. The average Bonchev–Trinajstić information content (AvgIpc) is 3.00. The third-order valence-electron chi connectivity index (χ3n) is 4.04. The first-order chi connectivity index (χ1) is 10.3. The van der Waals surface area contributed by atoms with Crippen LogP contribution in [0.4, 0.5) is 0 Å². The predicted octanol–water partition coefficient (Wildman–Crippen LogP) is 2.78. The summed E-state index contributed by atoms with van der Waals surface area (Å²) in [5.41, 5.74) is 5.75. The van der Waals surface area contributed by atoms with Crippen LogP contribution in [-0.2, 0) is 26.1 Å². The summed E-state index contributed by atoms with van der Waals surface area (Å²) in [7, 11) is 0. The number of hydrogen-bond donors (Lipinski definition) is 2. The van der Waals surface area contributed by atoms with Crippen LogP contribution in [0.15, 0.2) is 42.5 Å². The Morgan fingerprint density at radius 1 is 1.10 bits per heavy atom. The number of aryl methyl sites for hydroxylation is 1. The van der Waals surface area contributed by atoms with E-state index in [0.717, 1.165) is 25.1 Å². The van der Waals surface area contributed by atoms with Crippen molar-refractivity contribution in [2.24, 2.45) is 0 Å². The van der Waals surface area contributed by atoms with Gasteiger partial charge in [-0.2, -0.15) is 0 Å². The molecule has 0 bridgehead atoms. The molecular formula is C18H20N2O. The smallest absolute Gasteiger partial charge is 0.251 e. The first-order valence-corrected chi connectivity index (χ1v) is 7.45. The van der Waals surface area contributed by atoms with Crippen LogP contribution < -0.4 is 10.6 Å². The van der Waals surface area contributed by atoms with Crippen molar-refractivity contribution in [2.75, 3.05) is 0 Å². The summed E-state index contributed by atoms with van der Waals surface area (Å²) >= 11 is 0. The number of amides is 1. The maximum atomic E-state index is 12.3. The summed E-state index contributed by atoms with van der Waals surface area (Å²) in [6, 6.07) is 14.2. The molecule has 1 aliphatic rings. The van der Waals surface area contributed by atoms with Crippen molar-refractivity contribution in [3.05, 3.63) is 70.3 Å². The second-order valence-corrected chi connectivity index (χ2v) is 5.39. The molecule has 0 aromatic heterocycles. The Morgan fingerprint density at radius 3 is 2.67 bits per heavy atom. The number of hydrogen-bond acceptors (Lipinski definition) is 2. The van der Waals surface area contributed by atoms with Gasteiger partial charge in [-0.1, -0.05) is 37.3 Å². The highest BCUT2D eigenvalue weighted by molar-refractivity contribution is 5.94. The Bertz CT molecular complexity index is 664. The van der Waals surface area contributed by atoms with Crippen LogP contribution in [0, 0.1) is 0 Å². The minimum Gasteiger partial charge on any atom is -0.348 e. The van der Waals surface area contributed by atoms with Crippen LogP contribution in [-0.4, -0.2) is 5.91 Å². The van der Waals surface area contributed by atoms with E-state index >= 15 is 0 Å². The summed E-state index contributed by atoms with van der Waals surface area (Å²) in [6.45, 7) is 4.47. The van der Waals surface area contributed by atoms with Crippen molar-refractivity contribution in [2.45, 2.75) is 33.0 Å². The number of carbonyl (C=O) groups excluding carboxylic acids is 1. The Hall–Kier alpha value is -2.13. The minimum atomic E-state index is -0.00407. The Morgan fingerprint density at radius 2 is 1.86 bits per heavy atom. The van der Waals surface area contributed by atoms with Gasteiger partial charge < -0.3 is 10.6 Å². The van der Waals surface area contributed by atoms with E-state index in [1.807, 2.05) is 30.3 Å². The molecule has 0 saturated heterocycles. The molecule has 0 fully saturated rings. The fraction of sp³-hybridized carbons (Fsp3) is 0.278. The molecule has 0 unspecified atom stereocenters. The van der Waals surface area contributed by atoms with E-state index < -0.39 is 0 Å². The lowest BCUT2D eigenvalue weighted by molar-refractivity contribution is 0.0950. The molecule has 3 rings (SSSR count). The SMILES string of the molecule is CCc1ccccc1CNC(=O)c1ccc2c(c1)CNC2. The number of rotatable bonds is 4. The van der Waals surface area contributed by atoms with Crippen LogP contribution >= 0.6 is 0 Å². The first kappa shape index (κ1) is 13.8. The maximum absolute atomic E-state index is 12.3. The molecule has 21 heavy (non-hydrogen) atoms. The van der Waals surface area contributed by atoms with Gasteiger partial charge in [0, 0.05) is 25.2 Å². The van der Waals surface area contributed by atoms with Gasteiger partial charge in [0.1, 0.15) is 0 Å². The molecule has 1 aliphatic heterocycles. The molecule has 2 aromatic rings. The molecule has 2 aromatic carbocycles. The lowest BCUT2D eigenvalue weighted by atomic mass is 10.0. The van der Waals surface area contributed by atoms with Crippen LogP contribution in [0.25, 0.3) is 0 Å². The average molecular weight is 280 g/mol. The molecule has 3 nitrogen and oxygen atoms in total. The zero-order valence-corrected chi connectivity index (χ0v) is 12.3. The topological polar surface area (TPSA) is 41.1 Å². The number of carbonyl (C=O) groups is 1. The highest BCUT2D eigenvalue weighted by Crippen LogP contribution is 2.17. The van der Waals surface area contributed by atoms with Gasteiger partial charge in [0.05, 0.1) is 0 Å². The lowest BCUT2D eigenvalue weighted by Gasteiger charge is -2.10. The van der Waals surface area contributed by atoms with E-state index in [9.17, 15) is 4.79 Å². The minimum absolute atomic E-state index is 0.00407. The first-order valence-electron chi connectivity index (χ1n) is 7.45. The highest BCUT2D eigenvalue weighted by atomic mass is 16.1. The van der Waals surface area contributed by atoms with Crippen molar-refractivity contribution in [3.63, 3.8) is 0 Å². The summed E-state index contributed by atoms with van der Waals surface area (Å²) in [5.74, 6) is -0.00407. The number of nitrogens with one attached hydrogen (secondary N) is 2. The molecule has 2 N–H and O–H groups in total. The standard InChI is InChI=1S/C18H20N2O/c1-2-13-5-3-4-6-15(13)12-20-18(21)14-7-8-16-10-19-11-17(16)9-14/h3-9,19H,2,10-12H2,1H3,(H,20,21). The van der Waals surface area contributed by atoms with Crippen molar-refractivity contribution in [1.29, 1.82) is 0 Å². The Labute approximate surface area is 125 Å². The molecule has 0 radical (unpaired) electrons. The van der Waals surface area contributed by atoms with E-state index in [2.05, 4.69) is 29.7 Å². The maximum Gasteiger partial charge on any atom is 0.251 e. The molecule has 108 valence electrons. The summed E-state index contributed by atoms with van der Waals surface area (Å²) in [4.78, 5) is 12.3. The van der Waals surface area contributed by atoms with Gasteiger partial charge in [0.25, 0.3) is 5.91 Å². The molecule has 0 aliphatic carbocycles. The van der Waals surface area contributed by atoms with Crippen molar-refractivity contribution in [3.8, 4) is 0 Å². The Balaban J connectivity index is 1.69. The van der Waals surface area contributed by atoms with Crippen LogP contribution in [0.3, 0.4) is 0 Å². The molecule has 1 amide bonds. The van der Waals surface area contributed by atoms with Gasteiger partial charge in [-0.05, 0) is 40.8 Å². The lowest BCUT2D eigenvalue weighted by Crippen LogP contribution is -2.23. The van der Waals surface area contributed by atoms with E-state index in [0.29, 0.717) is 6.54 Å². The highest BCUT2D eigenvalue weighted by Gasteiger charge is 2.13. The predicted molar refractivity (Wildman–Crippen MR) is 84.0 cm³/mol. The normalized spacial score (nSPS) is 13.0. The summed E-state index contributed by atoms with van der Waals surface area (Å²) < 4.78 is 0. The van der Waals surface area contributed by atoms with Crippen LogP contribution in [0.1, 0.15) is 39.5 Å². The fourth-order valence-electron chi connectivity index (χ4n) is 2.79. The molecule has 0 spiro atoms. The van der Waals surface area contributed by atoms with Crippen molar-refractivity contribution in [1.82, 2.24) is 10.6 Å². The van der Waals surface area contributed by atoms with Crippen LogP contribution in [0.5, 0.6) is 0 Å². The molecule has 0 atom stereocenters. The summed E-state index contributed by atoms with van der Waals surface area (Å²) in [6.07, 6.45) is 0.983. The third-order valence-corrected chi connectivity index (χ3v) is 4.04. The molecular weight excluding hydrogens is 260 g/mol. The van der Waals surface area contributed by atoms with Gasteiger partial charge in [0.15, 0.2) is 0 Å². The van der Waals surface area contributed by atoms with Gasteiger partial charge in [-0.3, -0.25) is 4.79 Å². The zero-order valence-electron chi connectivity index (χ0n) is 12.3. The van der Waals surface area contributed by atoms with Gasteiger partial charge in [-0.25, -0.2) is 0 Å². The summed E-state index contributed by atoms with van der Waals surface area (Å²) in [5, 5.41) is 6.32. The third kappa shape index (κ3) is 2.98. The van der Waals surface area contributed by atoms with Crippen LogP contribution in [0.2, 0.25) is 0 Å². The molecule has 1 heterocycles. The Kier molecular flexibility index (Phi) is 4.02. The van der Waals surface area contributed by atoms with E-state index in [-0.39, 0.29) is 5.91 Å². The molecule has 3 heteroatoms. The van der Waals surface area contributed by atoms with E-state index in [4.69, 9.17) is 0 Å². The number of fused-ring (bicyclic) bond motifs is 1. The second-order valence-electron chi connectivity index (χ2n) is 5.39. The van der Waals surface area contributed by atoms with Crippen molar-refractivity contribution >= 4 is 5.91 Å². The van der Waals surface area contributed by atoms with E-state index in [1.54, 1.807) is 0 Å². The van der Waals surface area contributed by atoms with Gasteiger partial charge in [-0.15, -0.1) is 0 Å². The molecule has 0 saturated carbocycles. The van der Waals surface area contributed by atoms with Gasteiger partial charge >= 0.3 is 0 Å². The fourth-order valence-corrected chi connectivity index (χ4v) is 2.79. The zero-order chi connectivity index (χ0) is 14.7. The quantitative estimate of drug-likeness (QED) is 0.904. The number of benzene rings is 2. The van der Waals surface area contributed by atoms with Crippen molar-refractivity contribution < 1.29 is 4.79 Å². The largest absolute Gasteiger partial charge is 0.348 e.